The van der Waals surface area contributed by atoms with E-state index in [1.807, 2.05) is 24.3 Å². The first-order valence-corrected chi connectivity index (χ1v) is 7.73. The van der Waals surface area contributed by atoms with E-state index < -0.39 is 0 Å². The first-order chi connectivity index (χ1) is 11.7. The highest BCUT2D eigenvalue weighted by atomic mass is 16.6. The summed E-state index contributed by atoms with van der Waals surface area (Å²) in [5, 5.41) is 28.0. The number of rotatable bonds is 7. The second kappa shape index (κ2) is 7.20. The zero-order valence-electron chi connectivity index (χ0n) is 13.0. The quantitative estimate of drug-likeness (QED) is 0.267. The van der Waals surface area contributed by atoms with Crippen molar-refractivity contribution < 1.29 is 10.0 Å². The molecule has 24 heavy (non-hydrogen) atoms. The number of para-hydroxylation sites is 1. The van der Waals surface area contributed by atoms with E-state index in [1.54, 1.807) is 12.1 Å². The molecule has 2 aromatic carbocycles. The summed E-state index contributed by atoms with van der Waals surface area (Å²) in [4.78, 5) is 15.6. The van der Waals surface area contributed by atoms with E-state index >= 15 is 0 Å². The van der Waals surface area contributed by atoms with Crippen molar-refractivity contribution >= 4 is 33.2 Å². The minimum Gasteiger partial charge on any atom is -0.395 e. The largest absolute Gasteiger partial charge is 0.395 e. The van der Waals surface area contributed by atoms with E-state index in [9.17, 15) is 10.1 Å². The number of nitrogens with one attached hydrogen (secondary N) is 2. The van der Waals surface area contributed by atoms with Crippen molar-refractivity contribution in [3.8, 4) is 0 Å². The van der Waals surface area contributed by atoms with Gasteiger partial charge in [-0.05, 0) is 12.1 Å². The first-order valence-electron chi connectivity index (χ1n) is 7.73. The molecule has 0 aliphatic carbocycles. The zero-order valence-corrected chi connectivity index (χ0v) is 13.0. The van der Waals surface area contributed by atoms with Gasteiger partial charge in [-0.3, -0.25) is 10.1 Å². The van der Waals surface area contributed by atoms with E-state index in [4.69, 9.17) is 5.11 Å². The minimum atomic E-state index is -0.381. The molecule has 0 radical (unpaired) electrons. The van der Waals surface area contributed by atoms with Crippen molar-refractivity contribution in [2.24, 2.45) is 0 Å². The summed E-state index contributed by atoms with van der Waals surface area (Å²) >= 11 is 0. The number of anilines is 1. The molecule has 0 amide bonds. The third kappa shape index (κ3) is 3.12. The lowest BCUT2D eigenvalue weighted by Gasteiger charge is -2.13. The van der Waals surface area contributed by atoms with Crippen LogP contribution in [0.1, 0.15) is 0 Å². The van der Waals surface area contributed by atoms with Gasteiger partial charge in [-0.1, -0.05) is 24.3 Å². The Morgan fingerprint density at radius 2 is 1.83 bits per heavy atom. The Hall–Kier alpha value is -2.77. The summed E-state index contributed by atoms with van der Waals surface area (Å²) in [7, 11) is 0. The van der Waals surface area contributed by atoms with Crippen molar-refractivity contribution in [3.05, 3.63) is 52.6 Å². The number of hydrogen-bond donors (Lipinski definition) is 3. The van der Waals surface area contributed by atoms with Gasteiger partial charge in [-0.2, -0.15) is 0 Å². The summed E-state index contributed by atoms with van der Waals surface area (Å²) in [5.41, 5.74) is 2.13. The third-order valence-corrected chi connectivity index (χ3v) is 3.77. The van der Waals surface area contributed by atoms with Gasteiger partial charge in [-0.25, -0.2) is 4.98 Å². The molecule has 1 heterocycles. The minimum absolute atomic E-state index is 0.0385. The molecule has 3 aromatic rings. The van der Waals surface area contributed by atoms with Gasteiger partial charge in [0.15, 0.2) is 0 Å². The Balaban J connectivity index is 2.11. The number of nitrogens with zero attached hydrogens (tertiary/aromatic N) is 2. The second-order valence-corrected chi connectivity index (χ2v) is 5.33. The molecule has 3 rings (SSSR count). The summed E-state index contributed by atoms with van der Waals surface area (Å²) in [5.74, 6) is 0. The SMILES string of the molecule is O=[N+]([O-])c1cccc2nc3ccccc3c(NCCNCCO)c12. The molecule has 3 N–H and O–H groups in total. The lowest BCUT2D eigenvalue weighted by atomic mass is 10.1. The zero-order chi connectivity index (χ0) is 16.9. The number of fused-ring (bicyclic) bond motifs is 2. The van der Waals surface area contributed by atoms with Crippen LogP contribution in [0.3, 0.4) is 0 Å². The van der Waals surface area contributed by atoms with Crippen LogP contribution >= 0.6 is 0 Å². The molecule has 0 saturated carbocycles. The molecule has 7 nitrogen and oxygen atoms in total. The number of non-ortho nitro benzene ring substituents is 1. The number of nitro benzene ring substituents is 1. The number of aromatic nitrogens is 1. The van der Waals surface area contributed by atoms with E-state index in [-0.39, 0.29) is 17.2 Å². The highest BCUT2D eigenvalue weighted by Gasteiger charge is 2.18. The van der Waals surface area contributed by atoms with Gasteiger partial charge in [0, 0.05) is 31.1 Å². The highest BCUT2D eigenvalue weighted by molar-refractivity contribution is 6.11. The standard InChI is InChI=1S/C17H18N4O3/c22-11-10-18-8-9-19-17-12-4-1-2-5-13(12)20-14-6-3-7-15(16(14)17)21(23)24/h1-7,18,22H,8-11H2,(H,19,20). The molecule has 0 aliphatic heterocycles. The molecule has 0 aliphatic rings. The molecule has 0 spiro atoms. The smallest absolute Gasteiger partial charge is 0.280 e. The van der Waals surface area contributed by atoms with Crippen molar-refractivity contribution in [1.82, 2.24) is 10.3 Å². The second-order valence-electron chi connectivity index (χ2n) is 5.33. The fraction of sp³-hybridized carbons (Fsp3) is 0.235. The maximum Gasteiger partial charge on any atom is 0.280 e. The molecule has 1 aromatic heterocycles. The van der Waals surface area contributed by atoms with Gasteiger partial charge < -0.3 is 15.7 Å². The van der Waals surface area contributed by atoms with Crippen LogP contribution in [0.4, 0.5) is 11.4 Å². The summed E-state index contributed by atoms with van der Waals surface area (Å²) < 4.78 is 0. The predicted octanol–water partition coefficient (Wildman–Crippen LogP) is 2.29. The molecule has 0 saturated heterocycles. The maximum atomic E-state index is 11.4. The molecule has 7 heteroatoms. The number of hydrogen-bond acceptors (Lipinski definition) is 6. The van der Waals surface area contributed by atoms with Gasteiger partial charge in [0.25, 0.3) is 5.69 Å². The Labute approximate surface area is 138 Å². The normalized spacial score (nSPS) is 11.0. The lowest BCUT2D eigenvalue weighted by Crippen LogP contribution is -2.25. The molecule has 0 unspecified atom stereocenters. The van der Waals surface area contributed by atoms with E-state index in [0.29, 0.717) is 36.2 Å². The van der Waals surface area contributed by atoms with E-state index in [2.05, 4.69) is 15.6 Å². The van der Waals surface area contributed by atoms with Gasteiger partial charge in [0.05, 0.1) is 28.3 Å². The average Bonchev–Trinajstić information content (AvgIpc) is 2.60. The van der Waals surface area contributed by atoms with Crippen LogP contribution in [0, 0.1) is 10.1 Å². The first kappa shape index (κ1) is 16.1. The van der Waals surface area contributed by atoms with Crippen molar-refractivity contribution in [2.45, 2.75) is 0 Å². The van der Waals surface area contributed by atoms with Gasteiger partial charge >= 0.3 is 0 Å². The predicted molar refractivity (Wildman–Crippen MR) is 94.3 cm³/mol. The molecule has 0 fully saturated rings. The van der Waals surface area contributed by atoms with Crippen molar-refractivity contribution in [2.75, 3.05) is 31.6 Å². The molecule has 124 valence electrons. The fourth-order valence-electron chi connectivity index (χ4n) is 2.74. The van der Waals surface area contributed by atoms with Crippen LogP contribution in [0.25, 0.3) is 21.8 Å². The Morgan fingerprint density at radius 3 is 2.62 bits per heavy atom. The topological polar surface area (TPSA) is 100 Å². The van der Waals surface area contributed by atoms with E-state index in [1.165, 1.54) is 6.07 Å². The number of benzene rings is 2. The Bertz CT molecular complexity index is 882. The molecule has 0 bridgehead atoms. The van der Waals surface area contributed by atoms with E-state index in [0.717, 1.165) is 10.9 Å². The van der Waals surface area contributed by atoms with Gasteiger partial charge in [0.1, 0.15) is 5.39 Å². The Kier molecular flexibility index (Phi) is 4.83. The Morgan fingerprint density at radius 1 is 1.04 bits per heavy atom. The van der Waals surface area contributed by atoms with Crippen LogP contribution in [-0.2, 0) is 0 Å². The van der Waals surface area contributed by atoms with Crippen LogP contribution in [0.15, 0.2) is 42.5 Å². The molecule has 0 atom stereocenters. The molecular weight excluding hydrogens is 308 g/mol. The van der Waals surface area contributed by atoms with Crippen molar-refractivity contribution in [3.63, 3.8) is 0 Å². The number of nitro groups is 1. The van der Waals surface area contributed by atoms with Crippen LogP contribution in [0.5, 0.6) is 0 Å². The highest BCUT2D eigenvalue weighted by Crippen LogP contribution is 2.36. The monoisotopic (exact) mass is 326 g/mol. The number of aliphatic hydroxyl groups is 1. The van der Waals surface area contributed by atoms with Gasteiger partial charge in [-0.15, -0.1) is 0 Å². The number of aliphatic hydroxyl groups excluding tert-OH is 1. The van der Waals surface area contributed by atoms with Gasteiger partial charge in [0.2, 0.25) is 0 Å². The average molecular weight is 326 g/mol. The summed E-state index contributed by atoms with van der Waals surface area (Å²) in [6.45, 7) is 1.81. The molecular formula is C17H18N4O3. The van der Waals surface area contributed by atoms with Crippen molar-refractivity contribution in [1.29, 1.82) is 0 Å². The van der Waals surface area contributed by atoms with Crippen LogP contribution < -0.4 is 10.6 Å². The number of pyridine rings is 1. The maximum absolute atomic E-state index is 11.4. The third-order valence-electron chi connectivity index (χ3n) is 3.77. The fourth-order valence-corrected chi connectivity index (χ4v) is 2.74. The summed E-state index contributed by atoms with van der Waals surface area (Å²) in [6.07, 6.45) is 0. The summed E-state index contributed by atoms with van der Waals surface area (Å²) in [6, 6.07) is 12.5. The van der Waals surface area contributed by atoms with Crippen LogP contribution in [0.2, 0.25) is 0 Å². The van der Waals surface area contributed by atoms with Crippen LogP contribution in [-0.4, -0.2) is 41.3 Å². The lowest BCUT2D eigenvalue weighted by molar-refractivity contribution is -0.383.